The lowest BCUT2D eigenvalue weighted by Gasteiger charge is -2.49. The van der Waals surface area contributed by atoms with Crippen molar-refractivity contribution < 1.29 is 18.0 Å². The van der Waals surface area contributed by atoms with Crippen molar-refractivity contribution in [2.24, 2.45) is 5.41 Å². The molecule has 1 N–H and O–H groups in total. The number of hydrogen-bond acceptors (Lipinski definition) is 2. The summed E-state index contributed by atoms with van der Waals surface area (Å²) >= 11 is 0. The van der Waals surface area contributed by atoms with Gasteiger partial charge in [0.2, 0.25) is 0 Å². The van der Waals surface area contributed by atoms with E-state index in [9.17, 15) is 18.0 Å². The van der Waals surface area contributed by atoms with Crippen molar-refractivity contribution in [1.82, 2.24) is 10.2 Å². The van der Waals surface area contributed by atoms with Gasteiger partial charge in [0.25, 0.3) is 5.91 Å². The summed E-state index contributed by atoms with van der Waals surface area (Å²) in [4.78, 5) is 15.7. The molecule has 4 rings (SSSR count). The van der Waals surface area contributed by atoms with E-state index in [0.29, 0.717) is 17.7 Å². The summed E-state index contributed by atoms with van der Waals surface area (Å²) in [5, 5.41) is 3.27. The third-order valence-corrected chi connectivity index (χ3v) is 6.34. The normalized spacial score (nSPS) is 24.1. The zero-order valence-electron chi connectivity index (χ0n) is 18.2. The monoisotopic (exact) mass is 430 g/mol. The molecule has 1 atom stereocenters. The van der Waals surface area contributed by atoms with Gasteiger partial charge in [0, 0.05) is 18.7 Å². The topological polar surface area (TPSA) is 32.3 Å². The Morgan fingerprint density at radius 3 is 2.32 bits per heavy atom. The molecule has 0 bridgehead atoms. The number of piperidine rings is 1. The summed E-state index contributed by atoms with van der Waals surface area (Å²) in [6.07, 6.45) is -2.03. The number of halogens is 3. The van der Waals surface area contributed by atoms with Gasteiger partial charge in [0.15, 0.2) is 0 Å². The van der Waals surface area contributed by atoms with E-state index in [-0.39, 0.29) is 17.2 Å². The lowest BCUT2D eigenvalue weighted by Crippen LogP contribution is -2.60. The van der Waals surface area contributed by atoms with E-state index in [4.69, 9.17) is 0 Å². The zero-order chi connectivity index (χ0) is 22.4. The second-order valence-corrected chi connectivity index (χ2v) is 9.99. The Morgan fingerprint density at radius 1 is 1.06 bits per heavy atom. The largest absolute Gasteiger partial charge is 0.416 e. The first kappa shape index (κ1) is 21.9. The van der Waals surface area contributed by atoms with Crippen molar-refractivity contribution in [2.75, 3.05) is 20.1 Å². The third kappa shape index (κ3) is 4.64. The first-order valence-corrected chi connectivity index (χ1v) is 10.8. The van der Waals surface area contributed by atoms with E-state index >= 15 is 0 Å². The van der Waals surface area contributed by atoms with Crippen molar-refractivity contribution in [3.63, 3.8) is 0 Å². The number of amides is 1. The molecule has 2 aliphatic rings. The number of alkyl halides is 3. The van der Waals surface area contributed by atoms with Gasteiger partial charge in [-0.2, -0.15) is 13.2 Å². The van der Waals surface area contributed by atoms with Gasteiger partial charge in [-0.3, -0.25) is 4.79 Å². The quantitative estimate of drug-likeness (QED) is 0.688. The average molecular weight is 431 g/mol. The number of carbonyl (C=O) groups excluding carboxylic acids is 1. The summed E-state index contributed by atoms with van der Waals surface area (Å²) in [7, 11) is 2.04. The van der Waals surface area contributed by atoms with Gasteiger partial charge in [-0.25, -0.2) is 0 Å². The summed E-state index contributed by atoms with van der Waals surface area (Å²) in [5.74, 6) is -0.272. The second kappa shape index (κ2) is 7.66. The molecule has 0 aromatic heterocycles. The van der Waals surface area contributed by atoms with Gasteiger partial charge in [0.1, 0.15) is 0 Å². The maximum absolute atomic E-state index is 13.5. The predicted octanol–water partition coefficient (Wildman–Crippen LogP) is 5.57. The average Bonchev–Trinajstić information content (AvgIpc) is 3.51. The minimum atomic E-state index is -4.42. The van der Waals surface area contributed by atoms with Crippen LogP contribution in [0, 0.1) is 5.41 Å². The molecular formula is C25H29F3N2O. The molecule has 6 heteroatoms. The van der Waals surface area contributed by atoms with Crippen molar-refractivity contribution in [3.05, 3.63) is 70.8 Å². The molecule has 3 nitrogen and oxygen atoms in total. The van der Waals surface area contributed by atoms with Crippen LogP contribution in [0.2, 0.25) is 0 Å². The van der Waals surface area contributed by atoms with E-state index in [2.05, 4.69) is 24.1 Å². The highest BCUT2D eigenvalue weighted by molar-refractivity contribution is 5.96. The summed E-state index contributed by atoms with van der Waals surface area (Å²) in [5.41, 5.74) is 0.550. The van der Waals surface area contributed by atoms with Crippen LogP contribution in [0.3, 0.4) is 0 Å². The summed E-state index contributed by atoms with van der Waals surface area (Å²) in [6.45, 7) is 5.91. The molecule has 1 unspecified atom stereocenters. The first-order valence-electron chi connectivity index (χ1n) is 10.8. The molecule has 1 aliphatic heterocycles. The molecule has 166 valence electrons. The van der Waals surface area contributed by atoms with Crippen molar-refractivity contribution >= 4 is 5.91 Å². The SMILES string of the molecule is CN1CC(C)(C)CC(NC(=O)c2ccc(C(F)(F)F)cc2C2CC2)(c2ccccc2)C1. The van der Waals surface area contributed by atoms with Gasteiger partial charge in [-0.15, -0.1) is 0 Å². The molecule has 2 aromatic rings. The molecule has 0 radical (unpaired) electrons. The van der Waals surface area contributed by atoms with Crippen LogP contribution in [0.25, 0.3) is 0 Å². The summed E-state index contributed by atoms with van der Waals surface area (Å²) < 4.78 is 39.8. The van der Waals surface area contributed by atoms with Crippen LogP contribution in [0.4, 0.5) is 13.2 Å². The van der Waals surface area contributed by atoms with Gasteiger partial charge >= 0.3 is 6.18 Å². The van der Waals surface area contributed by atoms with E-state index in [1.54, 1.807) is 0 Å². The van der Waals surface area contributed by atoms with Gasteiger partial charge in [-0.1, -0.05) is 44.2 Å². The van der Waals surface area contributed by atoms with Gasteiger partial charge in [0.05, 0.1) is 11.1 Å². The minimum absolute atomic E-state index is 0.0289. The number of hydrogen-bond donors (Lipinski definition) is 1. The molecule has 1 saturated heterocycles. The molecule has 0 spiro atoms. The van der Waals surface area contributed by atoms with Crippen molar-refractivity contribution in [1.29, 1.82) is 0 Å². The Labute approximate surface area is 181 Å². The van der Waals surface area contributed by atoms with E-state index in [1.165, 1.54) is 12.1 Å². The van der Waals surface area contributed by atoms with Crippen molar-refractivity contribution in [3.8, 4) is 0 Å². The smallest absolute Gasteiger partial charge is 0.341 e. The highest BCUT2D eigenvalue weighted by Gasteiger charge is 2.45. The summed E-state index contributed by atoms with van der Waals surface area (Å²) in [6, 6.07) is 13.4. The van der Waals surface area contributed by atoms with Gasteiger partial charge < -0.3 is 10.2 Å². The van der Waals surface area contributed by atoms with Crippen LogP contribution >= 0.6 is 0 Å². The number of likely N-dealkylation sites (N-methyl/N-ethyl adjacent to an activating group) is 1. The highest BCUT2D eigenvalue weighted by atomic mass is 19.4. The number of nitrogens with one attached hydrogen (secondary N) is 1. The number of benzene rings is 2. The molecule has 1 aliphatic carbocycles. The maximum atomic E-state index is 13.5. The van der Waals surface area contributed by atoms with Crippen LogP contribution in [-0.2, 0) is 11.7 Å². The Kier molecular flexibility index (Phi) is 5.41. The van der Waals surface area contributed by atoms with Crippen LogP contribution in [0.1, 0.15) is 66.1 Å². The third-order valence-electron chi connectivity index (χ3n) is 6.34. The van der Waals surface area contributed by atoms with Crippen LogP contribution < -0.4 is 5.32 Å². The fraction of sp³-hybridized carbons (Fsp3) is 0.480. The van der Waals surface area contributed by atoms with E-state index in [1.807, 2.05) is 37.4 Å². The molecule has 31 heavy (non-hydrogen) atoms. The first-order chi connectivity index (χ1) is 14.5. The van der Waals surface area contributed by atoms with E-state index < -0.39 is 17.3 Å². The number of rotatable bonds is 4. The molecule has 2 aromatic carbocycles. The van der Waals surface area contributed by atoms with Crippen LogP contribution in [0.15, 0.2) is 48.5 Å². The molecule has 2 fully saturated rings. The zero-order valence-corrected chi connectivity index (χ0v) is 18.2. The Bertz CT molecular complexity index is 966. The van der Waals surface area contributed by atoms with Gasteiger partial charge in [-0.05, 0) is 67.0 Å². The van der Waals surface area contributed by atoms with Crippen LogP contribution in [-0.4, -0.2) is 30.9 Å². The molecular weight excluding hydrogens is 401 g/mol. The highest BCUT2D eigenvalue weighted by Crippen LogP contribution is 2.45. The molecule has 1 saturated carbocycles. The Balaban J connectivity index is 1.72. The number of nitrogens with zero attached hydrogens (tertiary/aromatic N) is 1. The minimum Gasteiger partial charge on any atom is -0.341 e. The van der Waals surface area contributed by atoms with Crippen molar-refractivity contribution in [2.45, 2.75) is 50.7 Å². The molecule has 1 amide bonds. The fourth-order valence-corrected chi connectivity index (χ4v) is 5.25. The maximum Gasteiger partial charge on any atom is 0.416 e. The fourth-order valence-electron chi connectivity index (χ4n) is 5.25. The number of carbonyl (C=O) groups is 1. The lowest BCUT2D eigenvalue weighted by molar-refractivity contribution is -0.137. The van der Waals surface area contributed by atoms with Crippen LogP contribution in [0.5, 0.6) is 0 Å². The second-order valence-electron chi connectivity index (χ2n) is 9.99. The molecule has 1 heterocycles. The Hall–Kier alpha value is -2.34. The Morgan fingerprint density at radius 2 is 1.74 bits per heavy atom. The lowest BCUT2D eigenvalue weighted by atomic mass is 9.71. The predicted molar refractivity (Wildman–Crippen MR) is 115 cm³/mol. The number of likely N-dealkylation sites (tertiary alicyclic amines) is 1. The van der Waals surface area contributed by atoms with E-state index in [0.717, 1.165) is 37.4 Å². The standard InChI is InChI=1S/C25H29F3N2O/c1-23(2)14-24(16-30(3)15-23,18-7-5-4-6-8-18)29-22(31)20-12-11-19(25(26,27)28)13-21(20)17-9-10-17/h4-8,11-13,17H,9-10,14-16H2,1-3H3,(H,29,31).